The first kappa shape index (κ1) is 79.2. The van der Waals surface area contributed by atoms with Gasteiger partial charge in [0.15, 0.2) is 12.4 Å². The minimum absolute atomic E-state index is 0.187. The molecule has 2 rings (SSSR count). The monoisotopic (exact) mass is 1250 g/mol. The molecule has 0 aromatic rings. The second-order valence-corrected chi connectivity index (χ2v) is 25.9. The highest BCUT2D eigenvalue weighted by molar-refractivity contribution is 7.32. The maximum Gasteiger partial charge on any atom is 0.697 e. The highest BCUT2D eigenvalue weighted by Crippen LogP contribution is 2.36. The van der Waals surface area contributed by atoms with E-state index in [1.807, 2.05) is 6.92 Å². The van der Waals surface area contributed by atoms with Crippen LogP contribution < -0.4 is 10.6 Å². The van der Waals surface area contributed by atoms with Crippen LogP contribution in [0, 0.1) is 5.92 Å². The number of carbonyl (C=O) groups excluding carboxylic acids is 3. The molecule has 0 bridgehead atoms. The van der Waals surface area contributed by atoms with Crippen LogP contribution in [0.2, 0.25) is 0 Å². The molecule has 2 fully saturated rings. The van der Waals surface area contributed by atoms with Crippen molar-refractivity contribution in [2.24, 2.45) is 5.92 Å². The smallest absolute Gasteiger partial charge is 0.388 e. The Bertz CT molecular complexity index is 1730. The largest absolute Gasteiger partial charge is 0.697 e. The van der Waals surface area contributed by atoms with Gasteiger partial charge in [-0.1, -0.05) is 244 Å². The third-order valence-corrected chi connectivity index (χ3v) is 17.6. The zero-order valence-corrected chi connectivity index (χ0v) is 56.0. The van der Waals surface area contributed by atoms with E-state index in [0.29, 0.717) is 38.0 Å². The van der Waals surface area contributed by atoms with E-state index in [4.69, 9.17) is 32.7 Å². The number of rotatable bonds is 57. The van der Waals surface area contributed by atoms with Crippen LogP contribution in [0.4, 0.5) is 0 Å². The van der Waals surface area contributed by atoms with Crippen molar-refractivity contribution in [3.63, 3.8) is 0 Å². The fourth-order valence-corrected chi connectivity index (χ4v) is 12.4. The summed E-state index contributed by atoms with van der Waals surface area (Å²) < 4.78 is 68.5. The Balaban J connectivity index is 2.34. The Hall–Kier alpha value is -1.85. The van der Waals surface area contributed by atoms with Crippen molar-refractivity contribution in [1.82, 2.24) is 10.6 Å². The minimum Gasteiger partial charge on any atom is -0.388 e. The number of ketones is 1. The SMILES string of the molecule is CCCCCC/C=C\CCCCCCCCCC(=O)N[C@H]1[C@H](OC[C@H]2O[C@H](O[P+](=O)O)[C@H](NC(=O)CC(=O)CCCCCCCCCCC)[C@@H](OCCCCCCCCCC)[C@@H]2O)O[C@H](CC)[C@@H](O[P+](=O)O)[C@@H]1OCC[C@H](C)CCCCCCC. The van der Waals surface area contributed by atoms with E-state index in [0.717, 1.165) is 109 Å². The van der Waals surface area contributed by atoms with Crippen LogP contribution in [0.5, 0.6) is 0 Å². The molecule has 496 valence electrons. The Morgan fingerprint density at radius 1 is 0.482 bits per heavy atom. The molecule has 2 amide bonds. The molecule has 19 heteroatoms. The van der Waals surface area contributed by atoms with Gasteiger partial charge >= 0.3 is 16.5 Å². The Morgan fingerprint density at radius 2 is 0.929 bits per heavy atom. The van der Waals surface area contributed by atoms with Gasteiger partial charge in [0.1, 0.15) is 42.3 Å². The summed E-state index contributed by atoms with van der Waals surface area (Å²) >= 11 is 0. The maximum absolute atomic E-state index is 14.0. The minimum atomic E-state index is -3.31. The molecule has 2 unspecified atom stereocenters. The molecule has 0 aliphatic carbocycles. The van der Waals surface area contributed by atoms with Crippen molar-refractivity contribution in [1.29, 1.82) is 0 Å². The van der Waals surface area contributed by atoms with E-state index >= 15 is 0 Å². The van der Waals surface area contributed by atoms with Gasteiger partial charge in [0.05, 0.1) is 19.1 Å². The van der Waals surface area contributed by atoms with E-state index in [-0.39, 0.29) is 37.7 Å². The van der Waals surface area contributed by atoms with Crippen LogP contribution in [0.1, 0.15) is 305 Å². The molecule has 85 heavy (non-hydrogen) atoms. The summed E-state index contributed by atoms with van der Waals surface area (Å²) in [6, 6.07) is -2.35. The number of aliphatic hydroxyl groups is 1. The summed E-state index contributed by atoms with van der Waals surface area (Å²) in [5.41, 5.74) is 0. The molecule has 2 aliphatic heterocycles. The predicted octanol–water partition coefficient (Wildman–Crippen LogP) is 16.1. The van der Waals surface area contributed by atoms with Gasteiger partial charge in [-0.3, -0.25) is 14.4 Å². The summed E-state index contributed by atoms with van der Waals surface area (Å²) in [4.78, 5) is 61.2. The molecule has 13 atom stereocenters. The lowest BCUT2D eigenvalue weighted by atomic mass is 9.94. The van der Waals surface area contributed by atoms with Crippen molar-refractivity contribution in [3.05, 3.63) is 12.2 Å². The fraction of sp³-hybridized carbons (Fsp3) is 0.924. The zero-order valence-electron chi connectivity index (χ0n) is 54.3. The number of nitrogens with one attached hydrogen (secondary N) is 2. The first-order valence-electron chi connectivity index (χ1n) is 34.5. The highest BCUT2D eigenvalue weighted by Gasteiger charge is 2.54. The van der Waals surface area contributed by atoms with Crippen LogP contribution in [-0.2, 0) is 56.2 Å². The lowest BCUT2D eigenvalue weighted by molar-refractivity contribution is -0.296. The topological polar surface area (TPSA) is 235 Å². The van der Waals surface area contributed by atoms with Crippen molar-refractivity contribution in [2.75, 3.05) is 19.8 Å². The molecule has 2 saturated heterocycles. The predicted molar refractivity (Wildman–Crippen MR) is 339 cm³/mol. The highest BCUT2D eigenvalue weighted by atomic mass is 31.1. The first-order valence-corrected chi connectivity index (χ1v) is 36.8. The molecular formula is C66H124N2O15P2+2. The second kappa shape index (κ2) is 52.9. The number of carbonyl (C=O) groups is 3. The maximum atomic E-state index is 14.0. The molecule has 0 spiro atoms. The van der Waals surface area contributed by atoms with Crippen LogP contribution in [-0.4, -0.2) is 114 Å². The number of amides is 2. The zero-order chi connectivity index (χ0) is 62.1. The van der Waals surface area contributed by atoms with Gasteiger partial charge in [-0.2, -0.15) is 0 Å². The number of hydrogen-bond acceptors (Lipinski definition) is 13. The standard InChI is InChI=1S/C66H122N2O15P2/c1-7-12-16-20-23-26-27-28-29-30-31-33-35-39-43-47-57(70)67-60-64(78-50-48-53(6)45-41-37-19-15-10-4)62(82-84(73)74)55(11-5)80-65(60)79-52-56-61(72)63(77-49-44-40-36-25-22-18-14-9-3)59(66(81-56)83-85(75)76)68-58(71)51-54(69)46-42-38-34-32-24-21-17-13-8-2/h26-27,53,55-56,59-66,72H,7-25,28-52H2,1-6H3,(H2-2,67,68,70,71,73,74,75,76)/p+2/b27-26-/t53-,55-,56-,59-,60-,61-,62-,63-,64-,65-,66-/m1/s1. The van der Waals surface area contributed by atoms with E-state index < -0.39 is 96.7 Å². The van der Waals surface area contributed by atoms with Crippen LogP contribution in [0.3, 0.4) is 0 Å². The number of allylic oxidation sites excluding steroid dienone is 2. The van der Waals surface area contributed by atoms with Gasteiger partial charge in [-0.05, 0) is 63.7 Å². The van der Waals surface area contributed by atoms with Gasteiger partial charge in [-0.25, -0.2) is 0 Å². The van der Waals surface area contributed by atoms with E-state index in [1.165, 1.54) is 103 Å². The molecule has 2 aliphatic rings. The van der Waals surface area contributed by atoms with Crippen molar-refractivity contribution >= 4 is 34.1 Å². The summed E-state index contributed by atoms with van der Waals surface area (Å²) in [5, 5.41) is 18.1. The molecule has 0 saturated carbocycles. The van der Waals surface area contributed by atoms with Gasteiger partial charge in [0.25, 0.3) is 0 Å². The Labute approximate surface area is 517 Å². The second-order valence-electron chi connectivity index (χ2n) is 24.5. The third kappa shape index (κ3) is 38.5. The van der Waals surface area contributed by atoms with Crippen LogP contribution in [0.15, 0.2) is 12.2 Å². The lowest BCUT2D eigenvalue weighted by Gasteiger charge is -2.46. The van der Waals surface area contributed by atoms with Crippen molar-refractivity contribution in [3.8, 4) is 0 Å². The summed E-state index contributed by atoms with van der Waals surface area (Å²) in [6.45, 7) is 12.9. The van der Waals surface area contributed by atoms with Crippen molar-refractivity contribution in [2.45, 2.75) is 366 Å². The van der Waals surface area contributed by atoms with Gasteiger partial charge in [-0.15, -0.1) is 14.3 Å². The molecule has 0 aromatic carbocycles. The first-order chi connectivity index (χ1) is 41.3. The average Bonchev–Trinajstić information content (AvgIpc) is 1.94. The Morgan fingerprint density at radius 3 is 1.47 bits per heavy atom. The number of unbranched alkanes of at least 4 members (excludes halogenated alkanes) is 30. The molecule has 0 radical (unpaired) electrons. The van der Waals surface area contributed by atoms with Gasteiger partial charge in [0, 0.05) is 35.2 Å². The van der Waals surface area contributed by atoms with Crippen molar-refractivity contribution < 1.29 is 71.1 Å². The van der Waals surface area contributed by atoms with Gasteiger partial charge in [0.2, 0.25) is 18.1 Å². The summed E-state index contributed by atoms with van der Waals surface area (Å²) in [5.74, 6) is -0.854. The quantitative estimate of drug-likeness (QED) is 0.0165. The number of Topliss-reactive ketones (excluding diaryl/α,β-unsaturated/α-hetero) is 1. The number of hydrogen-bond donors (Lipinski definition) is 5. The third-order valence-electron chi connectivity index (χ3n) is 16.8. The molecular weight excluding hydrogens is 1120 g/mol. The number of aliphatic hydroxyl groups excluding tert-OH is 1. The van der Waals surface area contributed by atoms with E-state index in [1.54, 1.807) is 0 Å². The lowest BCUT2D eigenvalue weighted by Crippen LogP contribution is -2.67. The molecule has 2 heterocycles. The molecule has 5 N–H and O–H groups in total. The van der Waals surface area contributed by atoms with E-state index in [2.05, 4.69) is 57.4 Å². The van der Waals surface area contributed by atoms with Gasteiger partial charge < -0.3 is 39.4 Å². The summed E-state index contributed by atoms with van der Waals surface area (Å²) in [7, 11) is -6.43. The van der Waals surface area contributed by atoms with E-state index in [9.17, 15) is 38.4 Å². The Kier molecular flexibility index (Phi) is 49.3. The van der Waals surface area contributed by atoms with Crippen LogP contribution >= 0.6 is 16.5 Å². The molecule has 0 aromatic heterocycles. The summed E-state index contributed by atoms with van der Waals surface area (Å²) in [6.07, 6.45) is 35.3. The molecule has 17 nitrogen and oxygen atoms in total. The fourth-order valence-electron chi connectivity index (χ4n) is 11.6. The average molecular weight is 1250 g/mol. The van der Waals surface area contributed by atoms with Crippen LogP contribution in [0.25, 0.3) is 0 Å². The number of ether oxygens (including phenoxy) is 5. The normalized spacial score (nSPS) is 23.3.